The Morgan fingerprint density at radius 1 is 1.13 bits per heavy atom. The van der Waals surface area contributed by atoms with Crippen molar-refractivity contribution in [3.05, 3.63) is 83.9 Å². The normalized spacial score (nSPS) is 23.7. The molecule has 0 amide bonds. The van der Waals surface area contributed by atoms with E-state index in [2.05, 4.69) is 75.4 Å². The molecule has 154 valence electrons. The second-order valence-electron chi connectivity index (χ2n) is 8.00. The molecule has 0 bridgehead atoms. The number of nitrogens with zero attached hydrogens (tertiary/aromatic N) is 3. The SMILES string of the molecule is Cc1ccccc1-n1cccc1C1C(c2ccccn2)NC(=S)N1CC1CCCO1. The fraction of sp³-hybridized carbons (Fsp3) is 0.333. The van der Waals surface area contributed by atoms with Gasteiger partial charge in [-0.25, -0.2) is 0 Å². The van der Waals surface area contributed by atoms with E-state index in [4.69, 9.17) is 17.0 Å². The molecule has 0 radical (unpaired) electrons. The number of thiocarbonyl (C=S) groups is 1. The summed E-state index contributed by atoms with van der Waals surface area (Å²) in [5.74, 6) is 0. The van der Waals surface area contributed by atoms with Gasteiger partial charge >= 0.3 is 0 Å². The van der Waals surface area contributed by atoms with Crippen LogP contribution in [0, 0.1) is 6.92 Å². The second kappa shape index (κ2) is 8.20. The van der Waals surface area contributed by atoms with Crippen molar-refractivity contribution in [1.29, 1.82) is 0 Å². The molecule has 5 nitrogen and oxygen atoms in total. The van der Waals surface area contributed by atoms with E-state index in [1.165, 1.54) is 16.9 Å². The zero-order chi connectivity index (χ0) is 20.5. The molecule has 1 N–H and O–H groups in total. The first-order chi connectivity index (χ1) is 14.7. The van der Waals surface area contributed by atoms with Crippen molar-refractivity contribution in [3.63, 3.8) is 0 Å². The van der Waals surface area contributed by atoms with Gasteiger partial charge in [0.05, 0.1) is 23.9 Å². The Hall–Kier alpha value is -2.70. The summed E-state index contributed by atoms with van der Waals surface area (Å²) in [5, 5.41) is 4.32. The average Bonchev–Trinajstić information content (AvgIpc) is 3.51. The number of hydrogen-bond acceptors (Lipinski definition) is 3. The van der Waals surface area contributed by atoms with Crippen molar-refractivity contribution >= 4 is 17.3 Å². The van der Waals surface area contributed by atoms with Crippen molar-refractivity contribution < 1.29 is 4.74 Å². The van der Waals surface area contributed by atoms with Crippen LogP contribution in [0.2, 0.25) is 0 Å². The van der Waals surface area contributed by atoms with Crippen LogP contribution in [0.5, 0.6) is 0 Å². The molecule has 30 heavy (non-hydrogen) atoms. The molecule has 2 fully saturated rings. The molecule has 5 rings (SSSR count). The van der Waals surface area contributed by atoms with E-state index < -0.39 is 0 Å². The van der Waals surface area contributed by atoms with Crippen LogP contribution in [-0.4, -0.2) is 38.8 Å². The number of benzene rings is 1. The van der Waals surface area contributed by atoms with Gasteiger partial charge < -0.3 is 19.5 Å². The maximum absolute atomic E-state index is 5.95. The minimum absolute atomic E-state index is 0.0160. The minimum atomic E-state index is -0.0160. The van der Waals surface area contributed by atoms with Gasteiger partial charge in [-0.15, -0.1) is 0 Å². The van der Waals surface area contributed by atoms with Crippen LogP contribution in [0.4, 0.5) is 0 Å². The predicted octanol–water partition coefficient (Wildman–Crippen LogP) is 4.33. The third-order valence-electron chi connectivity index (χ3n) is 6.08. The van der Waals surface area contributed by atoms with Crippen LogP contribution in [-0.2, 0) is 4.74 Å². The third kappa shape index (κ3) is 3.50. The summed E-state index contributed by atoms with van der Waals surface area (Å²) >= 11 is 5.81. The quantitative estimate of drug-likeness (QED) is 0.625. The number of hydrogen-bond donors (Lipinski definition) is 1. The Bertz CT molecular complexity index is 1030. The fourth-order valence-corrected chi connectivity index (χ4v) is 4.93. The van der Waals surface area contributed by atoms with E-state index in [0.717, 1.165) is 36.8 Å². The molecule has 2 aliphatic rings. The first-order valence-corrected chi connectivity index (χ1v) is 11.0. The van der Waals surface area contributed by atoms with Gasteiger partial charge in [-0.2, -0.15) is 0 Å². The van der Waals surface area contributed by atoms with Crippen LogP contribution >= 0.6 is 12.2 Å². The van der Waals surface area contributed by atoms with Crippen molar-refractivity contribution in [3.8, 4) is 5.69 Å². The number of para-hydroxylation sites is 1. The highest BCUT2D eigenvalue weighted by atomic mass is 32.1. The molecule has 0 aliphatic carbocycles. The average molecular weight is 419 g/mol. The molecule has 0 spiro atoms. The Balaban J connectivity index is 1.58. The van der Waals surface area contributed by atoms with Crippen molar-refractivity contribution in [1.82, 2.24) is 19.8 Å². The summed E-state index contributed by atoms with van der Waals surface area (Å²) in [5.41, 5.74) is 4.62. The second-order valence-corrected chi connectivity index (χ2v) is 8.39. The first-order valence-electron chi connectivity index (χ1n) is 10.6. The third-order valence-corrected chi connectivity index (χ3v) is 6.43. The number of aromatic nitrogens is 2. The molecule has 2 aromatic heterocycles. The van der Waals surface area contributed by atoms with Crippen LogP contribution in [0.3, 0.4) is 0 Å². The van der Waals surface area contributed by atoms with E-state index in [1.54, 1.807) is 0 Å². The predicted molar refractivity (Wildman–Crippen MR) is 122 cm³/mol. The Morgan fingerprint density at radius 3 is 2.77 bits per heavy atom. The Labute approximate surface area is 182 Å². The van der Waals surface area contributed by atoms with Gasteiger partial charge in [0.15, 0.2) is 5.11 Å². The topological polar surface area (TPSA) is 42.3 Å². The first kappa shape index (κ1) is 19.3. The monoisotopic (exact) mass is 418 g/mol. The van der Waals surface area contributed by atoms with Gasteiger partial charge in [0.1, 0.15) is 0 Å². The summed E-state index contributed by atoms with van der Waals surface area (Å²) in [6, 6.07) is 18.9. The lowest BCUT2D eigenvalue weighted by atomic mass is 10.0. The molecule has 2 aliphatic heterocycles. The van der Waals surface area contributed by atoms with Gasteiger partial charge in [0.2, 0.25) is 0 Å². The molecule has 3 atom stereocenters. The van der Waals surface area contributed by atoms with E-state index in [9.17, 15) is 0 Å². The summed E-state index contributed by atoms with van der Waals surface area (Å²) in [7, 11) is 0. The molecule has 3 unspecified atom stereocenters. The zero-order valence-electron chi connectivity index (χ0n) is 17.1. The van der Waals surface area contributed by atoms with Gasteiger partial charge in [-0.05, 0) is 67.9 Å². The molecular weight excluding hydrogens is 392 g/mol. The van der Waals surface area contributed by atoms with Gasteiger partial charge in [-0.1, -0.05) is 24.3 Å². The summed E-state index contributed by atoms with van der Waals surface area (Å²) < 4.78 is 8.24. The van der Waals surface area contributed by atoms with Crippen molar-refractivity contribution in [2.75, 3.05) is 13.2 Å². The van der Waals surface area contributed by atoms with E-state index in [1.807, 2.05) is 18.3 Å². The van der Waals surface area contributed by atoms with Crippen LogP contribution in [0.15, 0.2) is 67.0 Å². The van der Waals surface area contributed by atoms with Crippen molar-refractivity contribution in [2.45, 2.75) is 38.0 Å². The van der Waals surface area contributed by atoms with Gasteiger partial charge in [0.25, 0.3) is 0 Å². The lowest BCUT2D eigenvalue weighted by Crippen LogP contribution is -2.36. The maximum atomic E-state index is 5.95. The molecule has 3 aromatic rings. The molecule has 2 saturated heterocycles. The minimum Gasteiger partial charge on any atom is -0.376 e. The molecule has 4 heterocycles. The van der Waals surface area contributed by atoms with Crippen LogP contribution in [0.25, 0.3) is 5.69 Å². The van der Waals surface area contributed by atoms with E-state index >= 15 is 0 Å². The highest BCUT2D eigenvalue weighted by molar-refractivity contribution is 7.80. The Kier molecular flexibility index (Phi) is 5.27. The largest absolute Gasteiger partial charge is 0.376 e. The molecule has 1 aromatic carbocycles. The highest BCUT2D eigenvalue weighted by Gasteiger charge is 2.42. The number of rotatable bonds is 5. The lowest BCUT2D eigenvalue weighted by Gasteiger charge is -2.30. The number of aryl methyl sites for hydroxylation is 1. The van der Waals surface area contributed by atoms with E-state index in [0.29, 0.717) is 0 Å². The van der Waals surface area contributed by atoms with Crippen molar-refractivity contribution in [2.24, 2.45) is 0 Å². The van der Waals surface area contributed by atoms with Gasteiger partial charge in [0, 0.05) is 36.9 Å². The zero-order valence-corrected chi connectivity index (χ0v) is 17.9. The van der Waals surface area contributed by atoms with Gasteiger partial charge in [-0.3, -0.25) is 4.98 Å². The fourth-order valence-electron chi connectivity index (χ4n) is 4.62. The lowest BCUT2D eigenvalue weighted by molar-refractivity contribution is 0.0836. The molecule has 6 heteroatoms. The summed E-state index contributed by atoms with van der Waals surface area (Å²) in [4.78, 5) is 6.95. The van der Waals surface area contributed by atoms with Crippen LogP contribution < -0.4 is 5.32 Å². The summed E-state index contributed by atoms with van der Waals surface area (Å²) in [6.45, 7) is 3.78. The highest BCUT2D eigenvalue weighted by Crippen LogP contribution is 2.40. The number of nitrogens with one attached hydrogen (secondary N) is 1. The van der Waals surface area contributed by atoms with Crippen LogP contribution in [0.1, 0.15) is 41.9 Å². The standard InChI is InChI=1S/C24H26N4OS/c1-17-8-2-3-11-20(17)27-14-6-12-21(27)23-22(19-10-4-5-13-25-19)26-24(30)28(23)16-18-9-7-15-29-18/h2-6,8,10-14,18,22-23H,7,9,15-16H2,1H3,(H,26,30). The summed E-state index contributed by atoms with van der Waals surface area (Å²) in [6.07, 6.45) is 6.40. The smallest absolute Gasteiger partial charge is 0.170 e. The maximum Gasteiger partial charge on any atom is 0.170 e. The number of pyridine rings is 1. The van der Waals surface area contributed by atoms with E-state index in [-0.39, 0.29) is 18.2 Å². The number of ether oxygens (including phenoxy) is 1. The Morgan fingerprint density at radius 2 is 2.00 bits per heavy atom. The molecule has 0 saturated carbocycles. The molecular formula is C24H26N4OS.